The van der Waals surface area contributed by atoms with Crippen molar-refractivity contribution in [2.24, 2.45) is 7.05 Å². The zero-order chi connectivity index (χ0) is 31.3. The Hall–Kier alpha value is -4.66. The van der Waals surface area contributed by atoms with Crippen molar-refractivity contribution in [3.05, 3.63) is 65.3 Å². The first-order valence-corrected chi connectivity index (χ1v) is 15.2. The van der Waals surface area contributed by atoms with E-state index in [9.17, 15) is 4.79 Å². The van der Waals surface area contributed by atoms with Crippen LogP contribution >= 0.6 is 15.9 Å². The zero-order valence-corrected chi connectivity index (χ0v) is 26.8. The third-order valence-corrected chi connectivity index (χ3v) is 8.28. The molecule has 2 N–H and O–H groups in total. The molecule has 1 aliphatic heterocycles. The van der Waals surface area contributed by atoms with Crippen molar-refractivity contribution in [1.82, 2.24) is 34.6 Å². The van der Waals surface area contributed by atoms with Gasteiger partial charge in [-0.2, -0.15) is 10.1 Å². The first kappa shape index (κ1) is 30.4. The molecule has 0 atom stereocenters. The monoisotopic (exact) mass is 672 g/mol. The number of carbonyl (C=O) groups is 1. The maximum atomic E-state index is 12.0. The standard InChI is InChI=1S/C31H33BrN10O3/c1-40-18-20(16-36-40)21-14-26(28(45-3)15-27(21)42-10-8-41(9-11-42)12-13-44-2)38-31-35-17-23(32)30(39-31)37-24-4-5-25-29(22(24)19-43)34-7-6-33-25/h4-7,14-19H,8-13H2,1-3H3,(H2,35,37,38,39). The Bertz CT molecular complexity index is 1820. The fraction of sp³-hybridized carbons (Fsp3) is 0.290. The van der Waals surface area contributed by atoms with Crippen molar-refractivity contribution in [1.29, 1.82) is 0 Å². The molecule has 45 heavy (non-hydrogen) atoms. The number of piperazine rings is 1. The molecule has 6 rings (SSSR count). The lowest BCUT2D eigenvalue weighted by Crippen LogP contribution is -2.47. The van der Waals surface area contributed by atoms with Gasteiger partial charge in [0, 0.05) is 94.5 Å². The predicted octanol–water partition coefficient (Wildman–Crippen LogP) is 4.66. The number of nitrogens with one attached hydrogen (secondary N) is 2. The molecule has 1 aliphatic rings. The Balaban J connectivity index is 1.31. The van der Waals surface area contributed by atoms with Gasteiger partial charge in [0.1, 0.15) is 17.1 Å². The van der Waals surface area contributed by atoms with Gasteiger partial charge in [0.15, 0.2) is 6.29 Å². The van der Waals surface area contributed by atoms with Crippen LogP contribution in [-0.2, 0) is 11.8 Å². The number of aromatic nitrogens is 6. The van der Waals surface area contributed by atoms with E-state index in [1.807, 2.05) is 25.5 Å². The minimum Gasteiger partial charge on any atom is -0.494 e. The number of fused-ring (bicyclic) bond motifs is 1. The SMILES string of the molecule is COCCN1CCN(c2cc(OC)c(Nc3ncc(Br)c(Nc4ccc5nccnc5c4C=O)n3)cc2-c2cnn(C)c2)CC1. The number of aryl methyl sites for hydroxylation is 1. The van der Waals surface area contributed by atoms with E-state index in [4.69, 9.17) is 14.5 Å². The summed E-state index contributed by atoms with van der Waals surface area (Å²) in [4.78, 5) is 34.7. The summed E-state index contributed by atoms with van der Waals surface area (Å²) in [7, 11) is 5.29. The van der Waals surface area contributed by atoms with Gasteiger partial charge in [-0.25, -0.2) is 4.98 Å². The number of methoxy groups -OCH3 is 2. The van der Waals surface area contributed by atoms with Crippen LogP contribution in [0.3, 0.4) is 0 Å². The molecule has 0 amide bonds. The number of rotatable bonds is 11. The number of ether oxygens (including phenoxy) is 2. The second kappa shape index (κ2) is 13.5. The quantitative estimate of drug-likeness (QED) is 0.189. The highest BCUT2D eigenvalue weighted by Gasteiger charge is 2.23. The van der Waals surface area contributed by atoms with Crippen molar-refractivity contribution < 1.29 is 14.3 Å². The van der Waals surface area contributed by atoms with E-state index in [2.05, 4.69) is 62.5 Å². The molecule has 232 valence electrons. The van der Waals surface area contributed by atoms with Crippen molar-refractivity contribution in [2.75, 3.05) is 69.1 Å². The van der Waals surface area contributed by atoms with Gasteiger partial charge in [0.25, 0.3) is 0 Å². The van der Waals surface area contributed by atoms with Gasteiger partial charge >= 0.3 is 0 Å². The molecule has 0 saturated carbocycles. The second-order valence-corrected chi connectivity index (χ2v) is 11.4. The zero-order valence-electron chi connectivity index (χ0n) is 25.2. The number of carbonyl (C=O) groups excluding carboxylic acids is 1. The van der Waals surface area contributed by atoms with Crippen LogP contribution in [0.2, 0.25) is 0 Å². The van der Waals surface area contributed by atoms with Gasteiger partial charge in [-0.1, -0.05) is 0 Å². The van der Waals surface area contributed by atoms with Crippen LogP contribution in [-0.4, -0.2) is 94.5 Å². The molecule has 14 heteroatoms. The summed E-state index contributed by atoms with van der Waals surface area (Å²) in [5, 5.41) is 11.0. The van der Waals surface area contributed by atoms with Crippen molar-refractivity contribution in [3.63, 3.8) is 0 Å². The van der Waals surface area contributed by atoms with Crippen molar-refractivity contribution in [3.8, 4) is 16.9 Å². The molecule has 1 fully saturated rings. The number of anilines is 5. The van der Waals surface area contributed by atoms with E-state index < -0.39 is 0 Å². The second-order valence-electron chi connectivity index (χ2n) is 10.5. The highest BCUT2D eigenvalue weighted by atomic mass is 79.9. The molecule has 0 spiro atoms. The van der Waals surface area contributed by atoms with E-state index in [1.54, 1.807) is 49.6 Å². The summed E-state index contributed by atoms with van der Waals surface area (Å²) in [6.45, 7) is 5.27. The lowest BCUT2D eigenvalue weighted by Gasteiger charge is -2.37. The minimum absolute atomic E-state index is 0.337. The van der Waals surface area contributed by atoms with Gasteiger partial charge in [-0.3, -0.25) is 24.3 Å². The van der Waals surface area contributed by atoms with E-state index in [0.29, 0.717) is 50.0 Å². The molecular weight excluding hydrogens is 640 g/mol. The average Bonchev–Trinajstić information content (AvgIpc) is 3.51. The predicted molar refractivity (Wildman–Crippen MR) is 177 cm³/mol. The van der Waals surface area contributed by atoms with Gasteiger partial charge < -0.3 is 25.0 Å². The summed E-state index contributed by atoms with van der Waals surface area (Å²) in [6.07, 6.45) is 9.42. The summed E-state index contributed by atoms with van der Waals surface area (Å²) in [5.41, 5.74) is 5.83. The molecular formula is C31H33BrN10O3. The first-order valence-electron chi connectivity index (χ1n) is 14.4. The third kappa shape index (κ3) is 6.57. The van der Waals surface area contributed by atoms with Crippen LogP contribution in [0.1, 0.15) is 10.4 Å². The summed E-state index contributed by atoms with van der Waals surface area (Å²) >= 11 is 3.53. The fourth-order valence-corrected chi connectivity index (χ4v) is 5.66. The molecule has 0 aliphatic carbocycles. The largest absolute Gasteiger partial charge is 0.494 e. The Morgan fingerprint density at radius 2 is 1.82 bits per heavy atom. The van der Waals surface area contributed by atoms with Crippen LogP contribution in [0.4, 0.5) is 28.8 Å². The molecule has 2 aromatic carbocycles. The average molecular weight is 674 g/mol. The smallest absolute Gasteiger partial charge is 0.229 e. The number of halogens is 1. The fourth-order valence-electron chi connectivity index (χ4n) is 5.37. The van der Waals surface area contributed by atoms with Crippen LogP contribution < -0.4 is 20.3 Å². The molecule has 1 saturated heterocycles. The van der Waals surface area contributed by atoms with Crippen LogP contribution in [0.25, 0.3) is 22.2 Å². The molecule has 4 heterocycles. The number of nitrogens with zero attached hydrogens (tertiary/aromatic N) is 8. The molecule has 5 aromatic rings. The van der Waals surface area contributed by atoms with Gasteiger partial charge in [0.2, 0.25) is 5.95 Å². The van der Waals surface area contributed by atoms with Crippen molar-refractivity contribution >= 4 is 62.1 Å². The maximum absolute atomic E-state index is 12.0. The molecule has 0 bridgehead atoms. The number of benzene rings is 2. The van der Waals surface area contributed by atoms with Crippen molar-refractivity contribution in [2.45, 2.75) is 0 Å². The Morgan fingerprint density at radius 3 is 2.56 bits per heavy atom. The lowest BCUT2D eigenvalue weighted by molar-refractivity contribution is 0.112. The van der Waals surface area contributed by atoms with E-state index in [0.717, 1.165) is 62.4 Å². The highest BCUT2D eigenvalue weighted by Crippen LogP contribution is 2.41. The normalized spacial score (nSPS) is 13.6. The number of aldehydes is 1. The molecule has 0 unspecified atom stereocenters. The molecule has 13 nitrogen and oxygen atoms in total. The van der Waals surface area contributed by atoms with Gasteiger partial charge in [-0.15, -0.1) is 0 Å². The highest BCUT2D eigenvalue weighted by molar-refractivity contribution is 9.10. The Labute approximate surface area is 268 Å². The van der Waals surface area contributed by atoms with Gasteiger partial charge in [-0.05, 0) is 34.1 Å². The summed E-state index contributed by atoms with van der Waals surface area (Å²) in [5.74, 6) is 1.45. The van der Waals surface area contributed by atoms with Crippen LogP contribution in [0.5, 0.6) is 5.75 Å². The van der Waals surface area contributed by atoms with Crippen LogP contribution in [0, 0.1) is 0 Å². The Morgan fingerprint density at radius 1 is 1.00 bits per heavy atom. The van der Waals surface area contributed by atoms with E-state index in [-0.39, 0.29) is 0 Å². The van der Waals surface area contributed by atoms with E-state index in [1.165, 1.54) is 0 Å². The minimum atomic E-state index is 0.337. The topological polar surface area (TPSA) is 135 Å². The van der Waals surface area contributed by atoms with Gasteiger partial charge in [0.05, 0.1) is 46.8 Å². The molecule has 0 radical (unpaired) electrons. The number of hydrogen-bond donors (Lipinski definition) is 2. The molecule has 3 aromatic heterocycles. The first-order chi connectivity index (χ1) is 22.0. The lowest BCUT2D eigenvalue weighted by atomic mass is 10.0. The van der Waals surface area contributed by atoms with E-state index >= 15 is 0 Å². The number of hydrogen-bond acceptors (Lipinski definition) is 12. The maximum Gasteiger partial charge on any atom is 0.229 e. The summed E-state index contributed by atoms with van der Waals surface area (Å²) < 4.78 is 13.6. The van der Waals surface area contributed by atoms with Crippen LogP contribution in [0.15, 0.2) is 59.7 Å². The summed E-state index contributed by atoms with van der Waals surface area (Å²) in [6, 6.07) is 7.69. The Kier molecular flexibility index (Phi) is 9.14. The third-order valence-electron chi connectivity index (χ3n) is 7.70.